The van der Waals surface area contributed by atoms with Crippen LogP contribution in [0.2, 0.25) is 0 Å². The Morgan fingerprint density at radius 1 is 1.03 bits per heavy atom. The molecule has 1 saturated heterocycles. The first-order chi connectivity index (χ1) is 17.6. The zero-order chi connectivity index (χ0) is 26.6. The van der Waals surface area contributed by atoms with Crippen molar-refractivity contribution in [2.75, 3.05) is 26.3 Å². The predicted octanol–water partition coefficient (Wildman–Crippen LogP) is 3.71. The maximum atomic E-state index is 13.6. The van der Waals surface area contributed by atoms with Gasteiger partial charge < -0.3 is 14.2 Å². The van der Waals surface area contributed by atoms with Crippen LogP contribution in [-0.4, -0.2) is 65.3 Å². The molecule has 3 aromatic rings. The Balaban J connectivity index is 1.54. The van der Waals surface area contributed by atoms with Crippen LogP contribution < -0.4 is 14.2 Å². The van der Waals surface area contributed by atoms with Gasteiger partial charge in [0.2, 0.25) is 10.0 Å². The molecule has 0 spiro atoms. The molecule has 4 rings (SSSR count). The van der Waals surface area contributed by atoms with Crippen LogP contribution in [0.4, 0.5) is 13.2 Å². The molecule has 0 N–H and O–H groups in total. The number of halogens is 3. The molecule has 0 bridgehead atoms. The van der Waals surface area contributed by atoms with E-state index in [0.29, 0.717) is 18.5 Å². The largest absolute Gasteiger partial charge is 0.492 e. The van der Waals surface area contributed by atoms with Gasteiger partial charge in [-0.25, -0.2) is 8.42 Å². The molecular formula is C23H26F3N5O5S. The first-order valence-corrected chi connectivity index (χ1v) is 13.1. The first-order valence-electron chi connectivity index (χ1n) is 11.6. The van der Waals surface area contributed by atoms with Gasteiger partial charge in [0.05, 0.1) is 18.8 Å². The second kappa shape index (κ2) is 10.9. The highest BCUT2D eigenvalue weighted by molar-refractivity contribution is 7.89. The van der Waals surface area contributed by atoms with Gasteiger partial charge in [0.25, 0.3) is 0 Å². The van der Waals surface area contributed by atoms with Gasteiger partial charge in [0, 0.05) is 25.2 Å². The Hall–Kier alpha value is -3.39. The first kappa shape index (κ1) is 26.7. The molecule has 1 fully saturated rings. The van der Waals surface area contributed by atoms with Gasteiger partial charge in [0.1, 0.15) is 40.3 Å². The number of sulfonamides is 1. The summed E-state index contributed by atoms with van der Waals surface area (Å²) in [6.45, 7) is 4.25. The van der Waals surface area contributed by atoms with E-state index in [9.17, 15) is 21.6 Å². The minimum Gasteiger partial charge on any atom is -0.492 e. The molecule has 0 saturated carbocycles. The molecule has 0 amide bonds. The fourth-order valence-corrected chi connectivity index (χ4v) is 5.59. The summed E-state index contributed by atoms with van der Waals surface area (Å²) in [4.78, 5) is -0.0631. The number of benzene rings is 2. The van der Waals surface area contributed by atoms with Gasteiger partial charge in [-0.2, -0.15) is 22.2 Å². The maximum Gasteiger partial charge on any atom is 0.416 e. The number of rotatable bonds is 9. The van der Waals surface area contributed by atoms with E-state index >= 15 is 0 Å². The average Bonchev–Trinajstić information content (AvgIpc) is 3.40. The molecule has 2 heterocycles. The van der Waals surface area contributed by atoms with E-state index in [1.807, 2.05) is 0 Å². The Bertz CT molecular complexity index is 1310. The third kappa shape index (κ3) is 5.96. The van der Waals surface area contributed by atoms with E-state index < -0.39 is 27.9 Å². The molecular weight excluding hydrogens is 515 g/mol. The lowest BCUT2D eigenvalue weighted by atomic mass is 10.1. The Labute approximate surface area is 212 Å². The molecule has 10 nitrogen and oxygen atoms in total. The van der Waals surface area contributed by atoms with Crippen molar-refractivity contribution in [1.82, 2.24) is 24.5 Å². The minimum atomic E-state index is -4.48. The molecule has 1 aliphatic heterocycles. The number of nitrogens with zero attached hydrogens (tertiary/aromatic N) is 5. The van der Waals surface area contributed by atoms with E-state index in [4.69, 9.17) is 14.2 Å². The lowest BCUT2D eigenvalue weighted by Crippen LogP contribution is -2.41. The summed E-state index contributed by atoms with van der Waals surface area (Å²) in [7, 11) is -4.00. The van der Waals surface area contributed by atoms with E-state index in [1.54, 1.807) is 13.8 Å². The predicted molar refractivity (Wildman–Crippen MR) is 125 cm³/mol. The summed E-state index contributed by atoms with van der Waals surface area (Å²) in [6.07, 6.45) is -2.93. The van der Waals surface area contributed by atoms with Gasteiger partial charge in [-0.1, -0.05) is 6.07 Å². The molecule has 1 aliphatic rings. The van der Waals surface area contributed by atoms with Crippen LogP contribution in [0.15, 0.2) is 47.6 Å². The third-order valence-electron chi connectivity index (χ3n) is 5.70. The van der Waals surface area contributed by atoms with Crippen LogP contribution in [0, 0.1) is 0 Å². The second-order valence-electron chi connectivity index (χ2n) is 8.13. The van der Waals surface area contributed by atoms with Crippen LogP contribution in [0.25, 0.3) is 5.69 Å². The SMILES string of the molecule is CCOc1cc(S(=O)(=O)N2CCC(Oc3cccc(C(F)(F)F)c3)CC2)c(OCC)cc1-n1cnnn1. The van der Waals surface area contributed by atoms with Crippen LogP contribution in [0.3, 0.4) is 0 Å². The zero-order valence-corrected chi connectivity index (χ0v) is 21.0. The molecule has 0 radical (unpaired) electrons. The van der Waals surface area contributed by atoms with E-state index in [0.717, 1.165) is 12.1 Å². The summed E-state index contributed by atoms with van der Waals surface area (Å²) in [6, 6.07) is 7.56. The zero-order valence-electron chi connectivity index (χ0n) is 20.2. The highest BCUT2D eigenvalue weighted by Gasteiger charge is 2.34. The number of alkyl halides is 3. The van der Waals surface area contributed by atoms with Crippen molar-refractivity contribution in [1.29, 1.82) is 0 Å². The van der Waals surface area contributed by atoms with Crippen LogP contribution in [0.1, 0.15) is 32.3 Å². The minimum absolute atomic E-state index is 0.0631. The maximum absolute atomic E-state index is 13.6. The molecule has 0 unspecified atom stereocenters. The van der Waals surface area contributed by atoms with Gasteiger partial charge in [0.15, 0.2) is 0 Å². The summed E-state index contributed by atoms with van der Waals surface area (Å²) >= 11 is 0. The number of ether oxygens (including phenoxy) is 3. The molecule has 1 aromatic heterocycles. The quantitative estimate of drug-likeness (QED) is 0.404. The number of aromatic nitrogens is 4. The standard InChI is InChI=1S/C23H26F3N5O5S/c1-3-34-20-14-22(21(35-4-2)13-19(20)31-15-27-28-29-31)37(32,33)30-10-8-17(9-11-30)36-18-7-5-6-16(12-18)23(24,25)26/h5-7,12-15,17H,3-4,8-11H2,1-2H3. The van der Waals surface area contributed by atoms with Gasteiger partial charge in [-0.3, -0.25) is 0 Å². The van der Waals surface area contributed by atoms with E-state index in [1.165, 1.54) is 39.6 Å². The van der Waals surface area contributed by atoms with Crippen molar-refractivity contribution in [2.45, 2.75) is 43.9 Å². The highest BCUT2D eigenvalue weighted by Crippen LogP contribution is 2.37. The fourth-order valence-electron chi connectivity index (χ4n) is 3.99. The smallest absolute Gasteiger partial charge is 0.416 e. The van der Waals surface area contributed by atoms with Crippen LogP contribution in [-0.2, 0) is 16.2 Å². The second-order valence-corrected chi connectivity index (χ2v) is 10.0. The van der Waals surface area contributed by atoms with Crippen molar-refractivity contribution >= 4 is 10.0 Å². The van der Waals surface area contributed by atoms with Gasteiger partial charge in [-0.15, -0.1) is 5.10 Å². The lowest BCUT2D eigenvalue weighted by Gasteiger charge is -2.32. The number of piperidine rings is 1. The monoisotopic (exact) mass is 541 g/mol. The molecule has 37 heavy (non-hydrogen) atoms. The van der Waals surface area contributed by atoms with Gasteiger partial charge in [-0.05, 0) is 55.3 Å². The molecule has 14 heteroatoms. The van der Waals surface area contributed by atoms with Crippen LogP contribution >= 0.6 is 0 Å². The van der Waals surface area contributed by atoms with E-state index in [2.05, 4.69) is 15.5 Å². The topological polar surface area (TPSA) is 109 Å². The Kier molecular flexibility index (Phi) is 7.87. The molecule has 2 aromatic carbocycles. The summed E-state index contributed by atoms with van der Waals surface area (Å²) in [5.41, 5.74) is -0.383. The van der Waals surface area contributed by atoms with Crippen LogP contribution in [0.5, 0.6) is 17.2 Å². The van der Waals surface area contributed by atoms with Crippen molar-refractivity contribution in [2.24, 2.45) is 0 Å². The third-order valence-corrected chi connectivity index (χ3v) is 7.62. The molecule has 0 aliphatic carbocycles. The molecule has 200 valence electrons. The average molecular weight is 542 g/mol. The summed E-state index contributed by atoms with van der Waals surface area (Å²) in [5, 5.41) is 11.1. The number of hydrogen-bond acceptors (Lipinski definition) is 8. The number of hydrogen-bond donors (Lipinski definition) is 0. The number of tetrazole rings is 1. The Morgan fingerprint density at radius 3 is 2.35 bits per heavy atom. The summed E-state index contributed by atoms with van der Waals surface area (Å²) < 4.78 is 86.0. The summed E-state index contributed by atoms with van der Waals surface area (Å²) in [5.74, 6) is 0.479. The van der Waals surface area contributed by atoms with Gasteiger partial charge >= 0.3 is 6.18 Å². The van der Waals surface area contributed by atoms with Crippen molar-refractivity contribution in [3.8, 4) is 22.9 Å². The van der Waals surface area contributed by atoms with Crippen molar-refractivity contribution in [3.05, 3.63) is 48.3 Å². The lowest BCUT2D eigenvalue weighted by molar-refractivity contribution is -0.137. The van der Waals surface area contributed by atoms with Crippen molar-refractivity contribution < 1.29 is 35.8 Å². The highest BCUT2D eigenvalue weighted by atomic mass is 32.2. The van der Waals surface area contributed by atoms with E-state index in [-0.39, 0.29) is 48.4 Å². The van der Waals surface area contributed by atoms with Crippen molar-refractivity contribution in [3.63, 3.8) is 0 Å². The molecule has 0 atom stereocenters. The fraction of sp³-hybridized carbons (Fsp3) is 0.435. The Morgan fingerprint density at radius 2 is 1.73 bits per heavy atom. The normalized spacial score (nSPS) is 15.5.